The third-order valence-corrected chi connectivity index (χ3v) is 3.34. The van der Waals surface area contributed by atoms with E-state index in [1.807, 2.05) is 19.2 Å². The van der Waals surface area contributed by atoms with Gasteiger partial charge in [0.25, 0.3) is 0 Å². The lowest BCUT2D eigenvalue weighted by atomic mass is 10.3. The van der Waals surface area contributed by atoms with Crippen molar-refractivity contribution in [2.45, 2.75) is 19.9 Å². The summed E-state index contributed by atoms with van der Waals surface area (Å²) in [6.45, 7) is 3.98. The van der Waals surface area contributed by atoms with Gasteiger partial charge >= 0.3 is 0 Å². The van der Waals surface area contributed by atoms with E-state index in [1.54, 1.807) is 22.5 Å². The maximum Gasteiger partial charge on any atom is 0.239 e. The number of anilines is 1. The third-order valence-electron chi connectivity index (χ3n) is 2.58. The number of aldehydes is 1. The zero-order chi connectivity index (χ0) is 14.0. The van der Waals surface area contributed by atoms with Crippen LogP contribution in [-0.2, 0) is 4.79 Å². The fourth-order valence-electron chi connectivity index (χ4n) is 1.84. The van der Waals surface area contributed by atoms with Gasteiger partial charge in [-0.2, -0.15) is 0 Å². The van der Waals surface area contributed by atoms with Crippen LogP contribution in [0, 0.1) is 0 Å². The molecule has 0 aliphatic carbocycles. The van der Waals surface area contributed by atoms with Crippen molar-refractivity contribution in [3.05, 3.63) is 17.3 Å². The van der Waals surface area contributed by atoms with Crippen LogP contribution >= 0.6 is 11.3 Å². The van der Waals surface area contributed by atoms with Crippen molar-refractivity contribution in [2.75, 3.05) is 18.5 Å². The van der Waals surface area contributed by atoms with Gasteiger partial charge < -0.3 is 10.2 Å². The van der Waals surface area contributed by atoms with Crippen molar-refractivity contribution in [1.82, 2.24) is 14.7 Å². The lowest BCUT2D eigenvalue weighted by Gasteiger charge is -2.17. The SMILES string of the molecule is CC(C)NC(=O)CN(C)c1nc2sccn2c1C=O. The van der Waals surface area contributed by atoms with Crippen molar-refractivity contribution in [3.63, 3.8) is 0 Å². The second-order valence-corrected chi connectivity index (χ2v) is 5.45. The highest BCUT2D eigenvalue weighted by Crippen LogP contribution is 2.22. The van der Waals surface area contributed by atoms with E-state index < -0.39 is 0 Å². The monoisotopic (exact) mass is 280 g/mol. The van der Waals surface area contributed by atoms with E-state index >= 15 is 0 Å². The summed E-state index contributed by atoms with van der Waals surface area (Å²) < 4.78 is 1.73. The number of fused-ring (bicyclic) bond motifs is 1. The Balaban J connectivity index is 2.21. The molecule has 0 saturated heterocycles. The van der Waals surface area contributed by atoms with Crippen molar-refractivity contribution < 1.29 is 9.59 Å². The van der Waals surface area contributed by atoms with Crippen LogP contribution in [0.25, 0.3) is 4.96 Å². The molecule has 2 heterocycles. The van der Waals surface area contributed by atoms with Gasteiger partial charge in [0, 0.05) is 24.7 Å². The molecular weight excluding hydrogens is 264 g/mol. The Morgan fingerprint density at radius 1 is 1.63 bits per heavy atom. The molecule has 0 aromatic carbocycles. The first-order valence-electron chi connectivity index (χ1n) is 5.94. The number of hydrogen-bond acceptors (Lipinski definition) is 5. The Labute approximate surface area is 115 Å². The lowest BCUT2D eigenvalue weighted by Crippen LogP contribution is -2.39. The van der Waals surface area contributed by atoms with Crippen molar-refractivity contribution in [2.24, 2.45) is 0 Å². The number of nitrogens with zero attached hydrogens (tertiary/aromatic N) is 3. The molecule has 0 aliphatic heterocycles. The molecule has 1 amide bonds. The Kier molecular flexibility index (Phi) is 3.84. The van der Waals surface area contributed by atoms with Crippen LogP contribution in [0.4, 0.5) is 5.82 Å². The molecule has 0 radical (unpaired) electrons. The van der Waals surface area contributed by atoms with E-state index in [0.29, 0.717) is 11.5 Å². The molecule has 0 aliphatic rings. The van der Waals surface area contributed by atoms with Crippen LogP contribution in [0.2, 0.25) is 0 Å². The molecule has 1 N–H and O–H groups in total. The lowest BCUT2D eigenvalue weighted by molar-refractivity contribution is -0.120. The first-order chi connectivity index (χ1) is 9.02. The van der Waals surface area contributed by atoms with Gasteiger partial charge in [0.15, 0.2) is 17.1 Å². The van der Waals surface area contributed by atoms with Gasteiger partial charge in [0.05, 0.1) is 6.54 Å². The summed E-state index contributed by atoms with van der Waals surface area (Å²) in [7, 11) is 1.75. The number of carbonyl (C=O) groups excluding carboxylic acids is 2. The average molecular weight is 280 g/mol. The Hall–Kier alpha value is -1.89. The maximum atomic E-state index is 11.7. The number of thiazole rings is 1. The first-order valence-corrected chi connectivity index (χ1v) is 6.82. The van der Waals surface area contributed by atoms with E-state index in [2.05, 4.69) is 10.3 Å². The summed E-state index contributed by atoms with van der Waals surface area (Å²) in [5, 5.41) is 4.67. The number of imidazole rings is 1. The topological polar surface area (TPSA) is 66.7 Å². The molecule has 0 atom stereocenters. The van der Waals surface area contributed by atoms with Gasteiger partial charge in [-0.3, -0.25) is 14.0 Å². The van der Waals surface area contributed by atoms with Crippen molar-refractivity contribution >= 4 is 34.3 Å². The highest BCUT2D eigenvalue weighted by Gasteiger charge is 2.18. The molecule has 0 unspecified atom stereocenters. The fraction of sp³-hybridized carbons (Fsp3) is 0.417. The van der Waals surface area contributed by atoms with Crippen molar-refractivity contribution in [3.8, 4) is 0 Å². The van der Waals surface area contributed by atoms with E-state index in [4.69, 9.17) is 0 Å². The van der Waals surface area contributed by atoms with Crippen LogP contribution in [0.3, 0.4) is 0 Å². The quantitative estimate of drug-likeness (QED) is 0.835. The summed E-state index contributed by atoms with van der Waals surface area (Å²) in [6.07, 6.45) is 2.56. The summed E-state index contributed by atoms with van der Waals surface area (Å²) >= 11 is 1.45. The van der Waals surface area contributed by atoms with E-state index in [1.165, 1.54) is 11.3 Å². The number of amides is 1. The van der Waals surface area contributed by atoms with Crippen LogP contribution in [0.5, 0.6) is 0 Å². The number of carbonyl (C=O) groups is 2. The highest BCUT2D eigenvalue weighted by atomic mass is 32.1. The molecule has 2 aromatic rings. The van der Waals surface area contributed by atoms with Gasteiger partial charge in [-0.05, 0) is 13.8 Å². The molecule has 2 rings (SSSR count). The third kappa shape index (κ3) is 2.76. The van der Waals surface area contributed by atoms with Gasteiger partial charge in [0.2, 0.25) is 5.91 Å². The van der Waals surface area contributed by atoms with Crippen LogP contribution in [0.15, 0.2) is 11.6 Å². The van der Waals surface area contributed by atoms with Crippen LogP contribution in [0.1, 0.15) is 24.3 Å². The Morgan fingerprint density at radius 3 is 3.00 bits per heavy atom. The smallest absolute Gasteiger partial charge is 0.239 e. The minimum absolute atomic E-state index is 0.0919. The first kappa shape index (κ1) is 13.5. The number of nitrogens with one attached hydrogen (secondary N) is 1. The standard InChI is InChI=1S/C12H16N4O2S/c1-8(2)13-10(18)6-15(3)11-9(7-17)16-4-5-19-12(16)14-11/h4-5,7-8H,6H2,1-3H3,(H,13,18). The normalized spacial score (nSPS) is 10.9. The fourth-order valence-corrected chi connectivity index (χ4v) is 2.56. The molecule has 2 aromatic heterocycles. The largest absolute Gasteiger partial charge is 0.352 e. The number of likely N-dealkylation sites (N-methyl/N-ethyl adjacent to an activating group) is 1. The van der Waals surface area contributed by atoms with Gasteiger partial charge in [-0.15, -0.1) is 11.3 Å². The van der Waals surface area contributed by atoms with Gasteiger partial charge in [-0.25, -0.2) is 4.98 Å². The van der Waals surface area contributed by atoms with Crippen molar-refractivity contribution in [1.29, 1.82) is 0 Å². The number of aromatic nitrogens is 2. The molecule has 7 heteroatoms. The molecule has 0 saturated carbocycles. The maximum absolute atomic E-state index is 11.7. The highest BCUT2D eigenvalue weighted by molar-refractivity contribution is 7.15. The predicted octanol–water partition coefficient (Wildman–Crippen LogP) is 1.17. The summed E-state index contributed by atoms with van der Waals surface area (Å²) in [5.41, 5.74) is 0.469. The molecule has 0 bridgehead atoms. The zero-order valence-electron chi connectivity index (χ0n) is 11.1. The van der Waals surface area contributed by atoms with Gasteiger partial charge in [0.1, 0.15) is 5.69 Å². The summed E-state index contributed by atoms with van der Waals surface area (Å²) in [6, 6.07) is 0.0944. The molecule has 0 spiro atoms. The second-order valence-electron chi connectivity index (χ2n) is 4.57. The molecule has 102 valence electrons. The van der Waals surface area contributed by atoms with E-state index in [9.17, 15) is 9.59 Å². The molecule has 19 heavy (non-hydrogen) atoms. The molecule has 0 fully saturated rings. The second kappa shape index (κ2) is 5.40. The van der Waals surface area contributed by atoms with E-state index in [-0.39, 0.29) is 18.5 Å². The average Bonchev–Trinajstić information content (AvgIpc) is 2.86. The minimum Gasteiger partial charge on any atom is -0.352 e. The zero-order valence-corrected chi connectivity index (χ0v) is 11.9. The number of hydrogen-bond donors (Lipinski definition) is 1. The van der Waals surface area contributed by atoms with Crippen LogP contribution in [-0.4, -0.2) is 41.2 Å². The Bertz CT molecular complexity index is 602. The molecule has 6 nitrogen and oxygen atoms in total. The molecular formula is C12H16N4O2S. The van der Waals surface area contributed by atoms with E-state index in [0.717, 1.165) is 11.2 Å². The van der Waals surface area contributed by atoms with Gasteiger partial charge in [-0.1, -0.05) is 0 Å². The minimum atomic E-state index is -0.0919. The summed E-state index contributed by atoms with van der Waals surface area (Å²) in [5.74, 6) is 0.437. The van der Waals surface area contributed by atoms with Crippen LogP contribution < -0.4 is 10.2 Å². The summed E-state index contributed by atoms with van der Waals surface area (Å²) in [4.78, 5) is 29.7. The predicted molar refractivity (Wildman–Crippen MR) is 75.0 cm³/mol. The Morgan fingerprint density at radius 2 is 2.37 bits per heavy atom. The number of rotatable bonds is 5.